The number of carboxylic acid groups (broad SMARTS) is 1. The van der Waals surface area contributed by atoms with Crippen LogP contribution >= 0.6 is 11.8 Å². The predicted octanol–water partition coefficient (Wildman–Crippen LogP) is 2.51. The molecule has 0 aliphatic heterocycles. The summed E-state index contributed by atoms with van der Waals surface area (Å²) < 4.78 is 0. The first kappa shape index (κ1) is 11.6. The maximum absolute atomic E-state index is 10.4. The van der Waals surface area contributed by atoms with Crippen LogP contribution in [-0.4, -0.2) is 16.3 Å². The van der Waals surface area contributed by atoms with E-state index in [0.717, 1.165) is 4.90 Å². The Morgan fingerprint density at radius 3 is 2.60 bits per heavy atom. The number of hydrogen-bond donors (Lipinski definition) is 1. The number of benzene rings is 1. The van der Waals surface area contributed by atoms with Gasteiger partial charge in [0.2, 0.25) is 0 Å². The van der Waals surface area contributed by atoms with Crippen LogP contribution in [0.4, 0.5) is 0 Å². The molecule has 0 amide bonds. The summed E-state index contributed by atoms with van der Waals surface area (Å²) in [4.78, 5) is 11.4. The van der Waals surface area contributed by atoms with Gasteiger partial charge in [0.25, 0.3) is 0 Å². The van der Waals surface area contributed by atoms with Gasteiger partial charge in [-0.1, -0.05) is 6.92 Å². The van der Waals surface area contributed by atoms with Gasteiger partial charge in [0.15, 0.2) is 0 Å². The van der Waals surface area contributed by atoms with Gasteiger partial charge in [-0.2, -0.15) is 5.26 Å². The predicted molar refractivity (Wildman–Crippen MR) is 58.7 cm³/mol. The van der Waals surface area contributed by atoms with Gasteiger partial charge in [-0.3, -0.25) is 4.79 Å². The lowest BCUT2D eigenvalue weighted by Gasteiger charge is -2.07. The van der Waals surface area contributed by atoms with E-state index in [-0.39, 0.29) is 11.7 Å². The van der Waals surface area contributed by atoms with Crippen LogP contribution in [-0.2, 0) is 4.79 Å². The van der Waals surface area contributed by atoms with Gasteiger partial charge in [-0.15, -0.1) is 11.8 Å². The van der Waals surface area contributed by atoms with E-state index < -0.39 is 5.97 Å². The Balaban J connectivity index is 2.58. The highest BCUT2D eigenvalue weighted by Gasteiger charge is 2.08. The number of nitrogens with zero attached hydrogens (tertiary/aromatic N) is 1. The summed E-state index contributed by atoms with van der Waals surface area (Å²) >= 11 is 1.50. The quantitative estimate of drug-likeness (QED) is 0.793. The van der Waals surface area contributed by atoms with Gasteiger partial charge in [0.1, 0.15) is 0 Å². The van der Waals surface area contributed by atoms with E-state index >= 15 is 0 Å². The van der Waals surface area contributed by atoms with Crippen molar-refractivity contribution in [2.45, 2.75) is 23.5 Å². The molecule has 1 rings (SSSR count). The van der Waals surface area contributed by atoms with Crippen molar-refractivity contribution in [3.05, 3.63) is 29.8 Å². The van der Waals surface area contributed by atoms with Crippen LogP contribution < -0.4 is 0 Å². The largest absolute Gasteiger partial charge is 0.481 e. The van der Waals surface area contributed by atoms with Gasteiger partial charge in [0.05, 0.1) is 18.1 Å². The maximum atomic E-state index is 10.4. The number of carboxylic acids is 1. The van der Waals surface area contributed by atoms with Crippen molar-refractivity contribution in [1.82, 2.24) is 0 Å². The first-order valence-corrected chi connectivity index (χ1v) is 5.38. The molecule has 0 saturated carbocycles. The summed E-state index contributed by atoms with van der Waals surface area (Å²) in [6, 6.07) is 9.17. The van der Waals surface area contributed by atoms with Gasteiger partial charge in [-0.05, 0) is 24.3 Å². The zero-order valence-corrected chi connectivity index (χ0v) is 9.12. The third kappa shape index (κ3) is 4.05. The highest BCUT2D eigenvalue weighted by Crippen LogP contribution is 2.25. The van der Waals surface area contributed by atoms with Crippen molar-refractivity contribution in [1.29, 1.82) is 5.26 Å². The van der Waals surface area contributed by atoms with Crippen molar-refractivity contribution < 1.29 is 9.90 Å². The van der Waals surface area contributed by atoms with Crippen molar-refractivity contribution in [3.63, 3.8) is 0 Å². The topological polar surface area (TPSA) is 61.1 Å². The number of aliphatic carboxylic acids is 1. The van der Waals surface area contributed by atoms with E-state index in [2.05, 4.69) is 0 Å². The normalized spacial score (nSPS) is 11.7. The molecule has 0 radical (unpaired) electrons. The first-order valence-electron chi connectivity index (χ1n) is 4.50. The minimum atomic E-state index is -0.788. The van der Waals surface area contributed by atoms with E-state index in [4.69, 9.17) is 10.4 Å². The molecule has 0 aliphatic rings. The highest BCUT2D eigenvalue weighted by atomic mass is 32.2. The highest BCUT2D eigenvalue weighted by molar-refractivity contribution is 8.00. The third-order valence-corrected chi connectivity index (χ3v) is 2.90. The van der Waals surface area contributed by atoms with Crippen LogP contribution in [0, 0.1) is 11.3 Å². The van der Waals surface area contributed by atoms with Crippen molar-refractivity contribution >= 4 is 17.7 Å². The average molecular weight is 221 g/mol. The minimum absolute atomic E-state index is 0.0374. The zero-order chi connectivity index (χ0) is 11.3. The van der Waals surface area contributed by atoms with Crippen LogP contribution in [0.15, 0.2) is 29.2 Å². The second-order valence-electron chi connectivity index (χ2n) is 3.16. The Kier molecular flexibility index (Phi) is 4.19. The fraction of sp³-hybridized carbons (Fsp3) is 0.273. The molecule has 4 heteroatoms. The Hall–Kier alpha value is -1.47. The van der Waals surface area contributed by atoms with E-state index in [9.17, 15) is 4.79 Å². The molecule has 0 aromatic heterocycles. The molecule has 0 bridgehead atoms. The SMILES string of the molecule is CC(CC(=O)O)Sc1ccc(C#N)cc1. The smallest absolute Gasteiger partial charge is 0.304 e. The van der Waals surface area contributed by atoms with E-state index in [0.29, 0.717) is 5.56 Å². The lowest BCUT2D eigenvalue weighted by atomic mass is 10.2. The second-order valence-corrected chi connectivity index (χ2v) is 4.67. The molecule has 1 N–H and O–H groups in total. The molecule has 78 valence electrons. The van der Waals surface area contributed by atoms with Gasteiger partial charge in [-0.25, -0.2) is 0 Å². The van der Waals surface area contributed by atoms with E-state index in [1.807, 2.05) is 25.1 Å². The van der Waals surface area contributed by atoms with Crippen LogP contribution in [0.25, 0.3) is 0 Å². The van der Waals surface area contributed by atoms with E-state index in [1.54, 1.807) is 12.1 Å². The lowest BCUT2D eigenvalue weighted by Crippen LogP contribution is -2.05. The Bertz CT molecular complexity index is 381. The molecule has 1 aromatic rings. The Labute approximate surface area is 92.7 Å². The first-order chi connectivity index (χ1) is 7.11. The van der Waals surface area contributed by atoms with Crippen molar-refractivity contribution in [2.24, 2.45) is 0 Å². The fourth-order valence-electron chi connectivity index (χ4n) is 1.13. The lowest BCUT2D eigenvalue weighted by molar-refractivity contribution is -0.136. The van der Waals surface area contributed by atoms with Crippen LogP contribution in [0.1, 0.15) is 18.9 Å². The number of rotatable bonds is 4. The van der Waals surface area contributed by atoms with Crippen LogP contribution in [0.3, 0.4) is 0 Å². The molecule has 1 aromatic carbocycles. The molecule has 1 unspecified atom stereocenters. The maximum Gasteiger partial charge on any atom is 0.304 e. The van der Waals surface area contributed by atoms with Gasteiger partial charge >= 0.3 is 5.97 Å². The van der Waals surface area contributed by atoms with Crippen molar-refractivity contribution in [3.8, 4) is 6.07 Å². The number of nitriles is 1. The minimum Gasteiger partial charge on any atom is -0.481 e. The molecule has 3 nitrogen and oxygen atoms in total. The monoisotopic (exact) mass is 221 g/mol. The molecule has 1 atom stereocenters. The van der Waals surface area contributed by atoms with E-state index in [1.165, 1.54) is 11.8 Å². The summed E-state index contributed by atoms with van der Waals surface area (Å²) in [5.41, 5.74) is 0.616. The fourth-order valence-corrected chi connectivity index (χ4v) is 2.11. The van der Waals surface area contributed by atoms with Crippen LogP contribution in [0.2, 0.25) is 0 Å². The second kappa shape index (κ2) is 5.42. The number of thioether (sulfide) groups is 1. The average Bonchev–Trinajstić information content (AvgIpc) is 2.17. The molecule has 0 saturated heterocycles. The number of carbonyl (C=O) groups is 1. The third-order valence-electron chi connectivity index (χ3n) is 1.78. The van der Waals surface area contributed by atoms with Crippen LogP contribution in [0.5, 0.6) is 0 Å². The molecule has 0 heterocycles. The van der Waals surface area contributed by atoms with Gasteiger partial charge < -0.3 is 5.11 Å². The summed E-state index contributed by atoms with van der Waals surface area (Å²) in [6.07, 6.45) is 0.144. The summed E-state index contributed by atoms with van der Waals surface area (Å²) in [5, 5.41) is 17.2. The number of hydrogen-bond acceptors (Lipinski definition) is 3. The van der Waals surface area contributed by atoms with Crippen molar-refractivity contribution in [2.75, 3.05) is 0 Å². The molecule has 0 fully saturated rings. The standard InChI is InChI=1S/C11H11NO2S/c1-8(6-11(13)14)15-10-4-2-9(7-12)3-5-10/h2-5,8H,6H2,1H3,(H,13,14). The van der Waals surface area contributed by atoms with Gasteiger partial charge in [0, 0.05) is 10.1 Å². The molecule has 0 aliphatic carbocycles. The summed E-state index contributed by atoms with van der Waals surface area (Å²) in [6.45, 7) is 1.87. The Morgan fingerprint density at radius 2 is 2.13 bits per heavy atom. The molecule has 0 spiro atoms. The molecular weight excluding hydrogens is 210 g/mol. The summed E-state index contributed by atoms with van der Waals surface area (Å²) in [5.74, 6) is -0.788. The molecular formula is C11H11NO2S. The zero-order valence-electron chi connectivity index (χ0n) is 8.30. The Morgan fingerprint density at radius 1 is 1.53 bits per heavy atom. The molecule has 15 heavy (non-hydrogen) atoms. The summed E-state index contributed by atoms with van der Waals surface area (Å²) in [7, 11) is 0.